The fourth-order valence-electron chi connectivity index (χ4n) is 1.83. The Balaban J connectivity index is 2.82. The van der Waals surface area contributed by atoms with E-state index in [0.29, 0.717) is 6.04 Å². The zero-order chi connectivity index (χ0) is 11.1. The van der Waals surface area contributed by atoms with E-state index < -0.39 is 0 Å². The number of hydrogen-bond acceptors (Lipinski definition) is 1. The van der Waals surface area contributed by atoms with E-state index in [2.05, 4.69) is 13.8 Å². The Labute approximate surface area is 91.9 Å². The summed E-state index contributed by atoms with van der Waals surface area (Å²) in [6.45, 7) is 4.27. The molecule has 0 N–H and O–H groups in total. The Bertz CT molecular complexity index is 284. The Hall–Kier alpha value is -1.31. The van der Waals surface area contributed by atoms with Gasteiger partial charge in [0.1, 0.15) is 0 Å². The molecule has 0 aliphatic heterocycles. The van der Waals surface area contributed by atoms with E-state index in [1.165, 1.54) is 0 Å². The highest BCUT2D eigenvalue weighted by Gasteiger charge is 2.15. The molecule has 1 unspecified atom stereocenters. The third-order valence-electron chi connectivity index (χ3n) is 2.65. The topological polar surface area (TPSA) is 20.3 Å². The van der Waals surface area contributed by atoms with Crippen LogP contribution in [0.25, 0.3) is 0 Å². The summed E-state index contributed by atoms with van der Waals surface area (Å²) in [5, 5.41) is 0. The lowest BCUT2D eigenvalue weighted by Gasteiger charge is -2.27. The lowest BCUT2D eigenvalue weighted by atomic mass is 10.1. The molecule has 0 spiro atoms. The summed E-state index contributed by atoms with van der Waals surface area (Å²) in [6.07, 6.45) is 4.11. The highest BCUT2D eigenvalue weighted by Crippen LogP contribution is 2.19. The van der Waals surface area contributed by atoms with Gasteiger partial charge in [0.15, 0.2) is 0 Å². The van der Waals surface area contributed by atoms with Gasteiger partial charge in [-0.2, -0.15) is 0 Å². The van der Waals surface area contributed by atoms with Crippen molar-refractivity contribution in [3.63, 3.8) is 0 Å². The normalized spacial score (nSPS) is 12.1. The van der Waals surface area contributed by atoms with Crippen LogP contribution in [-0.4, -0.2) is 12.5 Å². The summed E-state index contributed by atoms with van der Waals surface area (Å²) in [5.41, 5.74) is 0.993. The maximum Gasteiger partial charge on any atom is 0.214 e. The van der Waals surface area contributed by atoms with Crippen molar-refractivity contribution in [2.75, 3.05) is 4.90 Å². The van der Waals surface area contributed by atoms with Crippen LogP contribution in [0.3, 0.4) is 0 Å². The molecule has 1 aromatic rings. The van der Waals surface area contributed by atoms with Gasteiger partial charge in [0.2, 0.25) is 6.41 Å². The molecule has 0 saturated carbocycles. The number of nitrogens with zero attached hydrogens (tertiary/aromatic N) is 1. The molecule has 1 amide bonds. The first-order valence-electron chi connectivity index (χ1n) is 5.62. The van der Waals surface area contributed by atoms with Gasteiger partial charge in [-0.25, -0.2) is 0 Å². The monoisotopic (exact) mass is 205 g/mol. The second-order valence-corrected chi connectivity index (χ2v) is 3.70. The minimum absolute atomic E-state index is 0.329. The molecule has 0 fully saturated rings. The molecule has 0 aromatic heterocycles. The van der Waals surface area contributed by atoms with E-state index in [-0.39, 0.29) is 0 Å². The maximum atomic E-state index is 11.1. The van der Waals surface area contributed by atoms with Crippen molar-refractivity contribution >= 4 is 12.1 Å². The van der Waals surface area contributed by atoms with Gasteiger partial charge in [-0.1, -0.05) is 38.5 Å². The molecule has 0 radical (unpaired) electrons. The number of amides is 1. The standard InChI is InChI=1S/C13H19NO/c1-3-8-12(4-2)14(11-15)13-9-6-5-7-10-13/h5-7,9-12H,3-4,8H2,1-2H3. The highest BCUT2D eigenvalue weighted by atomic mass is 16.1. The summed E-state index contributed by atoms with van der Waals surface area (Å²) in [4.78, 5) is 12.9. The van der Waals surface area contributed by atoms with E-state index in [9.17, 15) is 4.79 Å². The summed E-state index contributed by atoms with van der Waals surface area (Å²) < 4.78 is 0. The third-order valence-corrected chi connectivity index (χ3v) is 2.65. The predicted octanol–water partition coefficient (Wildman–Crippen LogP) is 3.23. The van der Waals surface area contributed by atoms with Gasteiger partial charge in [-0.05, 0) is 25.0 Å². The Morgan fingerprint density at radius 2 is 1.93 bits per heavy atom. The van der Waals surface area contributed by atoms with Crippen molar-refractivity contribution < 1.29 is 4.79 Å². The van der Waals surface area contributed by atoms with Gasteiger partial charge in [0, 0.05) is 11.7 Å². The molecule has 0 saturated heterocycles. The number of hydrogen-bond donors (Lipinski definition) is 0. The first kappa shape index (κ1) is 11.8. The number of rotatable bonds is 6. The molecule has 2 nitrogen and oxygen atoms in total. The van der Waals surface area contributed by atoms with E-state index in [1.54, 1.807) is 0 Å². The molecular weight excluding hydrogens is 186 g/mol. The number of benzene rings is 1. The average Bonchev–Trinajstić information content (AvgIpc) is 2.30. The van der Waals surface area contributed by atoms with Crippen molar-refractivity contribution in [3.05, 3.63) is 30.3 Å². The van der Waals surface area contributed by atoms with Crippen LogP contribution in [0.5, 0.6) is 0 Å². The molecule has 1 rings (SSSR count). The largest absolute Gasteiger partial charge is 0.312 e. The van der Waals surface area contributed by atoms with Crippen molar-refractivity contribution in [1.29, 1.82) is 0 Å². The molecule has 1 atom stereocenters. The summed E-state index contributed by atoms with van der Waals surface area (Å²) in [6, 6.07) is 10.2. The van der Waals surface area contributed by atoms with Gasteiger partial charge in [-0.3, -0.25) is 4.79 Å². The molecule has 0 aliphatic rings. The van der Waals surface area contributed by atoms with Gasteiger partial charge >= 0.3 is 0 Å². The van der Waals surface area contributed by atoms with Gasteiger partial charge in [0.05, 0.1) is 0 Å². The molecule has 82 valence electrons. The van der Waals surface area contributed by atoms with Crippen molar-refractivity contribution in [3.8, 4) is 0 Å². The van der Waals surface area contributed by atoms with E-state index >= 15 is 0 Å². The number of para-hydroxylation sites is 1. The second-order valence-electron chi connectivity index (χ2n) is 3.70. The smallest absolute Gasteiger partial charge is 0.214 e. The molecule has 0 aliphatic carbocycles. The molecule has 15 heavy (non-hydrogen) atoms. The van der Waals surface area contributed by atoms with E-state index in [1.807, 2.05) is 35.2 Å². The Morgan fingerprint density at radius 1 is 1.27 bits per heavy atom. The predicted molar refractivity (Wildman–Crippen MR) is 64.0 cm³/mol. The summed E-state index contributed by atoms with van der Waals surface area (Å²) in [5.74, 6) is 0. The number of anilines is 1. The number of carbonyl (C=O) groups is 1. The van der Waals surface area contributed by atoms with Crippen LogP contribution in [0.15, 0.2) is 30.3 Å². The quantitative estimate of drug-likeness (QED) is 0.653. The Morgan fingerprint density at radius 3 is 2.40 bits per heavy atom. The zero-order valence-corrected chi connectivity index (χ0v) is 9.52. The van der Waals surface area contributed by atoms with Crippen LogP contribution in [0.1, 0.15) is 33.1 Å². The second kappa shape index (κ2) is 6.23. The van der Waals surface area contributed by atoms with Crippen LogP contribution in [0.4, 0.5) is 5.69 Å². The third kappa shape index (κ3) is 3.08. The molecular formula is C13H19NO. The molecule has 0 bridgehead atoms. The summed E-state index contributed by atoms with van der Waals surface area (Å²) in [7, 11) is 0. The van der Waals surface area contributed by atoms with Gasteiger partial charge < -0.3 is 4.90 Å². The van der Waals surface area contributed by atoms with Crippen molar-refractivity contribution in [1.82, 2.24) is 0 Å². The first-order valence-corrected chi connectivity index (χ1v) is 5.62. The highest BCUT2D eigenvalue weighted by molar-refractivity contribution is 5.75. The van der Waals surface area contributed by atoms with Crippen LogP contribution in [-0.2, 0) is 4.79 Å². The molecule has 2 heteroatoms. The van der Waals surface area contributed by atoms with Crippen molar-refractivity contribution in [2.45, 2.75) is 39.2 Å². The number of carbonyl (C=O) groups excluding carboxylic acids is 1. The minimum Gasteiger partial charge on any atom is -0.312 e. The lowest BCUT2D eigenvalue weighted by Crippen LogP contribution is -2.33. The van der Waals surface area contributed by atoms with Gasteiger partial charge in [0.25, 0.3) is 0 Å². The fourth-order valence-corrected chi connectivity index (χ4v) is 1.83. The fraction of sp³-hybridized carbons (Fsp3) is 0.462. The average molecular weight is 205 g/mol. The van der Waals surface area contributed by atoms with E-state index in [0.717, 1.165) is 31.4 Å². The SMILES string of the molecule is CCCC(CC)N(C=O)c1ccccc1. The minimum atomic E-state index is 0.329. The van der Waals surface area contributed by atoms with Gasteiger partial charge in [-0.15, -0.1) is 0 Å². The van der Waals surface area contributed by atoms with Crippen LogP contribution in [0.2, 0.25) is 0 Å². The zero-order valence-electron chi connectivity index (χ0n) is 9.52. The molecule has 0 heterocycles. The van der Waals surface area contributed by atoms with Crippen LogP contribution in [0, 0.1) is 0 Å². The van der Waals surface area contributed by atoms with E-state index in [4.69, 9.17) is 0 Å². The maximum absolute atomic E-state index is 11.1. The molecule has 1 aromatic carbocycles. The Kier molecular flexibility index (Phi) is 4.88. The van der Waals surface area contributed by atoms with Crippen molar-refractivity contribution in [2.24, 2.45) is 0 Å². The summed E-state index contributed by atoms with van der Waals surface area (Å²) >= 11 is 0. The lowest BCUT2D eigenvalue weighted by molar-refractivity contribution is -0.107. The van der Waals surface area contributed by atoms with Crippen LogP contribution < -0.4 is 4.90 Å². The first-order chi connectivity index (χ1) is 7.33. The van der Waals surface area contributed by atoms with Crippen LogP contribution >= 0.6 is 0 Å².